The van der Waals surface area contributed by atoms with E-state index in [1.807, 2.05) is 12.3 Å². The molecule has 4 saturated heterocycles. The highest BCUT2D eigenvalue weighted by atomic mass is 16.5. The Bertz CT molecular complexity index is 394. The maximum Gasteiger partial charge on any atom is 0.0960 e. The predicted octanol–water partition coefficient (Wildman–Crippen LogP) is 2.60. The van der Waals surface area contributed by atoms with Gasteiger partial charge >= 0.3 is 0 Å². The molecule has 2 atom stereocenters. The van der Waals surface area contributed by atoms with Crippen LogP contribution in [0.3, 0.4) is 0 Å². The molecule has 0 radical (unpaired) electrons. The highest BCUT2D eigenvalue weighted by Crippen LogP contribution is 2.49. The molecular weight excluding hydrogens is 214 g/mol. The number of fused-ring (bicyclic) bond motifs is 2. The molecule has 3 nitrogen and oxygen atoms in total. The zero-order valence-corrected chi connectivity index (χ0v) is 10.1. The summed E-state index contributed by atoms with van der Waals surface area (Å²) < 4.78 is 11.6. The van der Waals surface area contributed by atoms with E-state index in [1.165, 1.54) is 37.9 Å². The molecule has 5 heterocycles. The van der Waals surface area contributed by atoms with Gasteiger partial charge in [0.2, 0.25) is 0 Å². The molecule has 4 fully saturated rings. The van der Waals surface area contributed by atoms with Crippen LogP contribution >= 0.6 is 0 Å². The standard InChI is InChI=1S/C14H19NO2/c1-5-14(10-15-6-2-12(14)3-7-15)17-13(1)11-4-8-16-9-11/h4,8-9,12-13H,1-3,5-7,10H2. The number of furan rings is 1. The quantitative estimate of drug-likeness (QED) is 0.745. The van der Waals surface area contributed by atoms with Crippen molar-refractivity contribution in [1.29, 1.82) is 0 Å². The van der Waals surface area contributed by atoms with Gasteiger partial charge in [-0.3, -0.25) is 0 Å². The zero-order valence-electron chi connectivity index (χ0n) is 10.1. The van der Waals surface area contributed by atoms with Crippen LogP contribution in [0.15, 0.2) is 23.0 Å². The van der Waals surface area contributed by atoms with Gasteiger partial charge in [0.15, 0.2) is 0 Å². The van der Waals surface area contributed by atoms with E-state index < -0.39 is 0 Å². The van der Waals surface area contributed by atoms with E-state index >= 15 is 0 Å². The van der Waals surface area contributed by atoms with Gasteiger partial charge in [0, 0.05) is 12.1 Å². The molecule has 17 heavy (non-hydrogen) atoms. The topological polar surface area (TPSA) is 25.6 Å². The molecule has 92 valence electrons. The Morgan fingerprint density at radius 2 is 2.12 bits per heavy atom. The van der Waals surface area contributed by atoms with Crippen molar-refractivity contribution in [2.24, 2.45) is 5.92 Å². The summed E-state index contributed by atoms with van der Waals surface area (Å²) in [6.07, 6.45) is 8.91. The van der Waals surface area contributed by atoms with Crippen LogP contribution in [-0.2, 0) is 4.74 Å². The van der Waals surface area contributed by atoms with Gasteiger partial charge in [-0.05, 0) is 50.8 Å². The minimum Gasteiger partial charge on any atom is -0.472 e. The largest absolute Gasteiger partial charge is 0.472 e. The molecular formula is C14H19NO2. The lowest BCUT2D eigenvalue weighted by atomic mass is 9.74. The fourth-order valence-electron chi connectivity index (χ4n) is 4.01. The maximum absolute atomic E-state index is 6.47. The van der Waals surface area contributed by atoms with E-state index in [1.54, 1.807) is 6.26 Å². The SMILES string of the molecule is c1cc(C2CCC3(CN4CCC3CC4)O2)co1. The van der Waals surface area contributed by atoms with Gasteiger partial charge in [-0.15, -0.1) is 0 Å². The van der Waals surface area contributed by atoms with Gasteiger partial charge in [0.1, 0.15) is 0 Å². The molecule has 0 amide bonds. The molecule has 1 spiro atoms. The van der Waals surface area contributed by atoms with E-state index in [-0.39, 0.29) is 11.7 Å². The second-order valence-electron chi connectivity index (χ2n) is 5.82. The molecule has 2 unspecified atom stereocenters. The summed E-state index contributed by atoms with van der Waals surface area (Å²) in [5.41, 5.74) is 1.39. The third-order valence-corrected chi connectivity index (χ3v) is 4.94. The van der Waals surface area contributed by atoms with Gasteiger partial charge < -0.3 is 14.1 Å². The average Bonchev–Trinajstić information content (AvgIpc) is 3.00. The maximum atomic E-state index is 6.47. The van der Waals surface area contributed by atoms with Crippen molar-refractivity contribution < 1.29 is 9.15 Å². The number of ether oxygens (including phenoxy) is 1. The van der Waals surface area contributed by atoms with E-state index in [0.29, 0.717) is 0 Å². The Kier molecular flexibility index (Phi) is 2.15. The molecule has 0 aliphatic carbocycles. The van der Waals surface area contributed by atoms with Crippen LogP contribution in [0.25, 0.3) is 0 Å². The van der Waals surface area contributed by atoms with Crippen LogP contribution in [0, 0.1) is 5.92 Å². The Labute approximate surface area is 102 Å². The fraction of sp³-hybridized carbons (Fsp3) is 0.714. The normalized spacial score (nSPS) is 44.6. The van der Waals surface area contributed by atoms with E-state index in [4.69, 9.17) is 9.15 Å². The first-order valence-electron chi connectivity index (χ1n) is 6.78. The van der Waals surface area contributed by atoms with Gasteiger partial charge in [-0.1, -0.05) is 0 Å². The number of nitrogens with zero attached hydrogens (tertiary/aromatic N) is 1. The van der Waals surface area contributed by atoms with Crippen molar-refractivity contribution in [3.63, 3.8) is 0 Å². The number of piperidine rings is 3. The molecule has 0 N–H and O–H groups in total. The van der Waals surface area contributed by atoms with E-state index in [9.17, 15) is 0 Å². The van der Waals surface area contributed by atoms with Crippen LogP contribution in [0.2, 0.25) is 0 Å². The summed E-state index contributed by atoms with van der Waals surface area (Å²) in [4.78, 5) is 2.58. The molecule has 0 aromatic carbocycles. The summed E-state index contributed by atoms with van der Waals surface area (Å²) in [6.45, 7) is 3.73. The van der Waals surface area contributed by atoms with Crippen molar-refractivity contribution in [2.75, 3.05) is 19.6 Å². The number of hydrogen-bond acceptors (Lipinski definition) is 3. The first-order valence-corrected chi connectivity index (χ1v) is 6.78. The van der Waals surface area contributed by atoms with E-state index in [0.717, 1.165) is 18.9 Å². The third kappa shape index (κ3) is 1.49. The predicted molar refractivity (Wildman–Crippen MR) is 63.7 cm³/mol. The summed E-state index contributed by atoms with van der Waals surface area (Å²) in [6, 6.07) is 2.05. The summed E-state index contributed by atoms with van der Waals surface area (Å²) >= 11 is 0. The van der Waals surface area contributed by atoms with E-state index in [2.05, 4.69) is 4.90 Å². The average molecular weight is 233 g/mol. The molecule has 4 aliphatic heterocycles. The lowest BCUT2D eigenvalue weighted by Crippen LogP contribution is -2.58. The van der Waals surface area contributed by atoms with Crippen LogP contribution < -0.4 is 0 Å². The summed E-state index contributed by atoms with van der Waals surface area (Å²) in [5.74, 6) is 0.796. The number of hydrogen-bond donors (Lipinski definition) is 0. The molecule has 1 aromatic rings. The minimum absolute atomic E-state index is 0.165. The first kappa shape index (κ1) is 10.2. The van der Waals surface area contributed by atoms with Crippen molar-refractivity contribution in [3.05, 3.63) is 24.2 Å². The monoisotopic (exact) mass is 233 g/mol. The van der Waals surface area contributed by atoms with Crippen molar-refractivity contribution >= 4 is 0 Å². The molecule has 0 saturated carbocycles. The second kappa shape index (κ2) is 3.59. The Morgan fingerprint density at radius 1 is 1.24 bits per heavy atom. The molecule has 5 rings (SSSR count). The van der Waals surface area contributed by atoms with Gasteiger partial charge in [0.25, 0.3) is 0 Å². The highest BCUT2D eigenvalue weighted by molar-refractivity contribution is 5.14. The third-order valence-electron chi connectivity index (χ3n) is 4.94. The smallest absolute Gasteiger partial charge is 0.0960 e. The minimum atomic E-state index is 0.165. The zero-order chi connectivity index (χ0) is 11.3. The Morgan fingerprint density at radius 3 is 2.76 bits per heavy atom. The molecule has 3 heteroatoms. The van der Waals surface area contributed by atoms with Crippen molar-refractivity contribution in [2.45, 2.75) is 37.4 Å². The summed E-state index contributed by atoms with van der Waals surface area (Å²) in [5, 5.41) is 0. The van der Waals surface area contributed by atoms with Gasteiger partial charge in [-0.2, -0.15) is 0 Å². The Hall–Kier alpha value is -0.800. The van der Waals surface area contributed by atoms with Crippen LogP contribution in [-0.4, -0.2) is 30.1 Å². The van der Waals surface area contributed by atoms with Gasteiger partial charge in [0.05, 0.1) is 24.2 Å². The first-order chi connectivity index (χ1) is 8.36. The molecule has 1 aromatic heterocycles. The van der Waals surface area contributed by atoms with Gasteiger partial charge in [-0.25, -0.2) is 0 Å². The molecule has 4 aliphatic rings. The second-order valence-corrected chi connectivity index (χ2v) is 5.82. The van der Waals surface area contributed by atoms with Crippen LogP contribution in [0.4, 0.5) is 0 Å². The number of rotatable bonds is 1. The van der Waals surface area contributed by atoms with Crippen molar-refractivity contribution in [3.8, 4) is 0 Å². The summed E-state index contributed by atoms with van der Waals surface area (Å²) in [7, 11) is 0. The van der Waals surface area contributed by atoms with Crippen molar-refractivity contribution in [1.82, 2.24) is 4.90 Å². The molecule has 2 bridgehead atoms. The lowest BCUT2D eigenvalue weighted by Gasteiger charge is -2.51. The Balaban J connectivity index is 1.57. The van der Waals surface area contributed by atoms with Crippen LogP contribution in [0.5, 0.6) is 0 Å². The van der Waals surface area contributed by atoms with Crippen LogP contribution in [0.1, 0.15) is 37.4 Å². The lowest BCUT2D eigenvalue weighted by molar-refractivity contribution is -0.145. The fourth-order valence-corrected chi connectivity index (χ4v) is 4.01. The highest BCUT2D eigenvalue weighted by Gasteiger charge is 2.51.